The van der Waals surface area contributed by atoms with E-state index in [1.807, 2.05) is 23.1 Å². The predicted molar refractivity (Wildman–Crippen MR) is 125 cm³/mol. The smallest absolute Gasteiger partial charge is 0.265 e. The molecule has 1 aromatic heterocycles. The summed E-state index contributed by atoms with van der Waals surface area (Å²) in [6.07, 6.45) is 2.37. The van der Waals surface area contributed by atoms with Gasteiger partial charge >= 0.3 is 0 Å². The van der Waals surface area contributed by atoms with E-state index in [4.69, 9.17) is 0 Å². The number of rotatable bonds is 6. The van der Waals surface area contributed by atoms with Crippen LogP contribution in [0.25, 0.3) is 16.3 Å². The lowest BCUT2D eigenvalue weighted by Gasteiger charge is -2.20. The Morgan fingerprint density at radius 1 is 1.03 bits per heavy atom. The summed E-state index contributed by atoms with van der Waals surface area (Å²) in [6, 6.07) is 15.6. The number of hydrogen-bond acceptors (Lipinski definition) is 4. The number of para-hydroxylation sites is 1. The minimum atomic E-state index is 0. The maximum Gasteiger partial charge on any atom is 0.265 e. The Labute approximate surface area is 199 Å². The monoisotopic (exact) mass is 537 g/mol. The average molecular weight is 538 g/mol. The highest BCUT2D eigenvalue weighted by atomic mass is 127. The fourth-order valence-electron chi connectivity index (χ4n) is 3.91. The number of hydrogen-bond donors (Lipinski definition) is 0. The van der Waals surface area contributed by atoms with Crippen LogP contribution in [-0.4, -0.2) is 19.6 Å². The zero-order valence-electron chi connectivity index (χ0n) is 17.5. The van der Waals surface area contributed by atoms with Gasteiger partial charge in [-0.15, -0.1) is 0 Å². The second kappa shape index (κ2) is 9.71. The average Bonchev–Trinajstić information content (AvgIpc) is 3.25. The van der Waals surface area contributed by atoms with Gasteiger partial charge in [0.25, 0.3) is 5.01 Å². The SMILES string of the molecule is CCN(CC)c1ccc2c(c1)sc(/C=C1\Sc3ccccc3N1CC)[n+]2CC.[I-]. The van der Waals surface area contributed by atoms with Crippen LogP contribution in [0.2, 0.25) is 0 Å². The minimum Gasteiger partial charge on any atom is -1.00 e. The second-order valence-electron chi connectivity index (χ2n) is 6.81. The number of thiazole rings is 1. The second-order valence-corrected chi connectivity index (χ2v) is 8.93. The molecule has 0 radical (unpaired) electrons. The van der Waals surface area contributed by atoms with E-state index >= 15 is 0 Å². The predicted octanol–water partition coefficient (Wildman–Crippen LogP) is 2.99. The van der Waals surface area contributed by atoms with Gasteiger partial charge in [-0.2, -0.15) is 4.57 Å². The molecule has 4 rings (SSSR count). The molecular weight excluding hydrogens is 509 g/mol. The third-order valence-electron chi connectivity index (χ3n) is 5.36. The largest absolute Gasteiger partial charge is 1.00 e. The molecule has 0 fully saturated rings. The van der Waals surface area contributed by atoms with Crippen LogP contribution in [0.3, 0.4) is 0 Å². The van der Waals surface area contributed by atoms with Gasteiger partial charge in [0.2, 0.25) is 5.52 Å². The number of anilines is 2. The third-order valence-corrected chi connectivity index (χ3v) is 7.57. The highest BCUT2D eigenvalue weighted by Gasteiger charge is 2.26. The van der Waals surface area contributed by atoms with Crippen molar-refractivity contribution in [3.63, 3.8) is 0 Å². The van der Waals surface area contributed by atoms with Crippen molar-refractivity contribution in [2.24, 2.45) is 0 Å². The van der Waals surface area contributed by atoms with E-state index in [2.05, 4.69) is 90.6 Å². The van der Waals surface area contributed by atoms with Gasteiger partial charge in [-0.1, -0.05) is 35.2 Å². The number of benzene rings is 2. The van der Waals surface area contributed by atoms with Crippen LogP contribution in [0.15, 0.2) is 52.4 Å². The normalized spacial score (nSPS) is 14.3. The maximum atomic E-state index is 2.44. The molecule has 1 aliphatic heterocycles. The molecule has 0 bridgehead atoms. The van der Waals surface area contributed by atoms with E-state index in [0.29, 0.717) is 0 Å². The molecule has 0 saturated carbocycles. The summed E-state index contributed by atoms with van der Waals surface area (Å²) in [4.78, 5) is 6.19. The van der Waals surface area contributed by atoms with Crippen LogP contribution in [0.4, 0.5) is 11.4 Å². The van der Waals surface area contributed by atoms with Crippen molar-refractivity contribution in [2.45, 2.75) is 39.1 Å². The van der Waals surface area contributed by atoms with Gasteiger partial charge in [0.1, 0.15) is 11.2 Å². The number of halogens is 1. The topological polar surface area (TPSA) is 10.4 Å². The first-order chi connectivity index (χ1) is 13.7. The third kappa shape index (κ3) is 4.16. The first-order valence-electron chi connectivity index (χ1n) is 10.2. The molecular formula is C23H28IN3S2. The molecule has 154 valence electrons. The molecule has 0 atom stereocenters. The van der Waals surface area contributed by atoms with Gasteiger partial charge in [-0.05, 0) is 52.0 Å². The van der Waals surface area contributed by atoms with E-state index in [-0.39, 0.29) is 24.0 Å². The Balaban J connectivity index is 0.00000240. The highest BCUT2D eigenvalue weighted by Crippen LogP contribution is 2.46. The van der Waals surface area contributed by atoms with Crippen LogP contribution in [-0.2, 0) is 6.54 Å². The van der Waals surface area contributed by atoms with Crippen LogP contribution < -0.4 is 38.3 Å². The Hall–Kier alpha value is -1.25. The van der Waals surface area contributed by atoms with Crippen LogP contribution in [0.1, 0.15) is 32.7 Å². The van der Waals surface area contributed by atoms with Crippen molar-refractivity contribution >= 4 is 50.8 Å². The summed E-state index contributed by atoms with van der Waals surface area (Å²) in [5, 5.41) is 2.64. The molecule has 1 aliphatic rings. The molecule has 0 unspecified atom stereocenters. The van der Waals surface area contributed by atoms with E-state index in [0.717, 1.165) is 26.2 Å². The first-order valence-corrected chi connectivity index (χ1v) is 11.8. The maximum absolute atomic E-state index is 2.44. The zero-order chi connectivity index (χ0) is 19.7. The van der Waals surface area contributed by atoms with E-state index in [1.165, 1.54) is 36.5 Å². The zero-order valence-corrected chi connectivity index (χ0v) is 21.3. The quantitative estimate of drug-likeness (QED) is 0.354. The number of nitrogens with zero attached hydrogens (tertiary/aromatic N) is 3. The van der Waals surface area contributed by atoms with Crippen molar-refractivity contribution in [1.29, 1.82) is 0 Å². The number of fused-ring (bicyclic) bond motifs is 2. The van der Waals surface area contributed by atoms with Crippen molar-refractivity contribution in [2.75, 3.05) is 29.4 Å². The summed E-state index contributed by atoms with van der Waals surface area (Å²) in [7, 11) is 0. The van der Waals surface area contributed by atoms with Crippen LogP contribution >= 0.6 is 23.1 Å². The molecule has 2 heterocycles. The Morgan fingerprint density at radius 2 is 1.79 bits per heavy atom. The molecule has 6 heteroatoms. The van der Waals surface area contributed by atoms with E-state index < -0.39 is 0 Å². The molecule has 0 spiro atoms. The van der Waals surface area contributed by atoms with Gasteiger partial charge < -0.3 is 33.8 Å². The molecule has 0 saturated heterocycles. The standard InChI is InChI=1S/C23H28N3S2.HI/c1-5-24(6-2)17-13-14-19-21(15-17)28-23(26(19)8-4)16-22-25(7-3)18-11-9-10-12-20(18)27-22;/h9-16H,5-8H2,1-4H3;1H/q+1;/p-1. The summed E-state index contributed by atoms with van der Waals surface area (Å²) in [5.41, 5.74) is 3.98. The van der Waals surface area contributed by atoms with Gasteiger partial charge in [0.15, 0.2) is 0 Å². The molecule has 29 heavy (non-hydrogen) atoms. The fraction of sp³-hybridized carbons (Fsp3) is 0.348. The van der Waals surface area contributed by atoms with Crippen molar-refractivity contribution < 1.29 is 28.5 Å². The molecule has 2 aromatic carbocycles. The first kappa shape index (κ1) is 22.4. The molecule has 0 N–H and O–H groups in total. The Bertz CT molecular complexity index is 1020. The molecule has 0 amide bonds. The Kier molecular flexibility index (Phi) is 7.51. The number of aryl methyl sites for hydroxylation is 1. The van der Waals surface area contributed by atoms with Crippen molar-refractivity contribution in [3.05, 3.63) is 52.5 Å². The number of thioether (sulfide) groups is 1. The lowest BCUT2D eigenvalue weighted by Crippen LogP contribution is -3.00. The van der Waals surface area contributed by atoms with Crippen LogP contribution in [0, 0.1) is 0 Å². The Morgan fingerprint density at radius 3 is 2.48 bits per heavy atom. The van der Waals surface area contributed by atoms with Crippen LogP contribution in [0.5, 0.6) is 0 Å². The fourth-order valence-corrected chi connectivity index (χ4v) is 6.34. The molecule has 0 aliphatic carbocycles. The van der Waals surface area contributed by atoms with Gasteiger partial charge in [-0.25, -0.2) is 0 Å². The summed E-state index contributed by atoms with van der Waals surface area (Å²) < 4.78 is 3.80. The lowest BCUT2D eigenvalue weighted by molar-refractivity contribution is -0.665. The molecule has 3 aromatic rings. The summed E-state index contributed by atoms with van der Waals surface area (Å²) >= 11 is 3.78. The number of aromatic nitrogens is 1. The van der Waals surface area contributed by atoms with Crippen molar-refractivity contribution in [3.8, 4) is 0 Å². The van der Waals surface area contributed by atoms with Gasteiger partial charge in [-0.3, -0.25) is 0 Å². The van der Waals surface area contributed by atoms with Gasteiger partial charge in [0, 0.05) is 36.3 Å². The highest BCUT2D eigenvalue weighted by molar-refractivity contribution is 8.03. The lowest BCUT2D eigenvalue weighted by atomic mass is 10.2. The van der Waals surface area contributed by atoms with Crippen molar-refractivity contribution in [1.82, 2.24) is 0 Å². The minimum absolute atomic E-state index is 0. The van der Waals surface area contributed by atoms with E-state index in [1.54, 1.807) is 0 Å². The summed E-state index contributed by atoms with van der Waals surface area (Å²) in [5.74, 6) is 0. The van der Waals surface area contributed by atoms with Gasteiger partial charge in [0.05, 0.1) is 16.8 Å². The summed E-state index contributed by atoms with van der Waals surface area (Å²) in [6.45, 7) is 13.0. The van der Waals surface area contributed by atoms with E-state index in [9.17, 15) is 0 Å². The molecule has 3 nitrogen and oxygen atoms in total.